The number of hydrogen-bond donors (Lipinski definition) is 0. The zero-order valence-electron chi connectivity index (χ0n) is 12.7. The Labute approximate surface area is 130 Å². The molecule has 22 heavy (non-hydrogen) atoms. The fourth-order valence-electron chi connectivity index (χ4n) is 4.28. The quantitative estimate of drug-likeness (QED) is 0.565. The van der Waals surface area contributed by atoms with Crippen molar-refractivity contribution in [2.24, 2.45) is 5.92 Å². The lowest BCUT2D eigenvalue weighted by Crippen LogP contribution is -2.22. The molecule has 3 aromatic carbocycles. The van der Waals surface area contributed by atoms with Crippen molar-refractivity contribution in [3.05, 3.63) is 76.9 Å². The molecule has 108 valence electrons. The number of hydrogen-bond acceptors (Lipinski definition) is 1. The number of rotatable bonds is 0. The predicted molar refractivity (Wildman–Crippen MR) is 89.4 cm³/mol. The summed E-state index contributed by atoms with van der Waals surface area (Å²) in [6.07, 6.45) is 2.50. The average molecular weight is 286 g/mol. The lowest BCUT2D eigenvalue weighted by atomic mass is 9.88. The van der Waals surface area contributed by atoms with Gasteiger partial charge in [-0.25, -0.2) is 0 Å². The van der Waals surface area contributed by atoms with Gasteiger partial charge in [-0.15, -0.1) is 0 Å². The predicted octanol–water partition coefficient (Wildman–Crippen LogP) is 5.00. The molecule has 0 aromatic heterocycles. The highest BCUT2D eigenvalue weighted by Gasteiger charge is 2.38. The topological polar surface area (TPSA) is 9.23 Å². The van der Waals surface area contributed by atoms with E-state index < -0.39 is 0 Å². The van der Waals surface area contributed by atoms with Crippen molar-refractivity contribution >= 4 is 10.8 Å². The van der Waals surface area contributed by atoms with Gasteiger partial charge in [-0.2, -0.15) is 0 Å². The van der Waals surface area contributed by atoms with Gasteiger partial charge in [0.2, 0.25) is 0 Å². The molecule has 0 unspecified atom stereocenters. The lowest BCUT2D eigenvalue weighted by molar-refractivity contribution is 0.131. The van der Waals surface area contributed by atoms with Crippen molar-refractivity contribution < 1.29 is 4.74 Å². The van der Waals surface area contributed by atoms with Gasteiger partial charge in [-0.1, -0.05) is 54.6 Å². The summed E-state index contributed by atoms with van der Waals surface area (Å²) in [6, 6.07) is 19.7. The summed E-state index contributed by atoms with van der Waals surface area (Å²) in [6.45, 7) is 2.21. The Bertz CT molecular complexity index is 894. The second-order valence-corrected chi connectivity index (χ2v) is 6.63. The summed E-state index contributed by atoms with van der Waals surface area (Å²) >= 11 is 0. The molecular formula is C21H18O. The molecular weight excluding hydrogens is 268 g/mol. The Morgan fingerprint density at radius 2 is 1.59 bits per heavy atom. The molecule has 0 radical (unpaired) electrons. The summed E-state index contributed by atoms with van der Waals surface area (Å²) in [5.41, 5.74) is 5.59. The lowest BCUT2D eigenvalue weighted by Gasteiger charge is -2.31. The normalized spacial score (nSPS) is 21.9. The van der Waals surface area contributed by atoms with Gasteiger partial charge in [0, 0.05) is 11.3 Å². The van der Waals surface area contributed by atoms with Gasteiger partial charge in [-0.05, 0) is 47.4 Å². The third-order valence-electron chi connectivity index (χ3n) is 5.28. The smallest absolute Gasteiger partial charge is 0.131 e. The van der Waals surface area contributed by atoms with E-state index in [-0.39, 0.29) is 6.10 Å². The van der Waals surface area contributed by atoms with E-state index >= 15 is 0 Å². The van der Waals surface area contributed by atoms with Gasteiger partial charge in [0.25, 0.3) is 0 Å². The molecule has 0 N–H and O–H groups in total. The molecule has 0 fully saturated rings. The maximum Gasteiger partial charge on any atom is 0.131 e. The van der Waals surface area contributed by atoms with E-state index in [2.05, 4.69) is 61.5 Å². The summed E-state index contributed by atoms with van der Waals surface area (Å²) < 4.78 is 6.55. The number of aryl methyl sites for hydroxylation is 1. The van der Waals surface area contributed by atoms with Gasteiger partial charge in [0.05, 0.1) is 0 Å². The number of benzene rings is 3. The monoisotopic (exact) mass is 286 g/mol. The Morgan fingerprint density at radius 1 is 0.864 bits per heavy atom. The first-order valence-electron chi connectivity index (χ1n) is 8.07. The van der Waals surface area contributed by atoms with E-state index in [1.165, 1.54) is 33.0 Å². The van der Waals surface area contributed by atoms with Crippen molar-refractivity contribution in [3.8, 4) is 5.75 Å². The average Bonchev–Trinajstić information content (AvgIpc) is 2.91. The van der Waals surface area contributed by atoms with E-state index in [1.807, 2.05) is 0 Å². The van der Waals surface area contributed by atoms with Gasteiger partial charge in [0.15, 0.2) is 0 Å². The maximum atomic E-state index is 6.55. The molecule has 1 heteroatoms. The van der Waals surface area contributed by atoms with Crippen LogP contribution in [0.4, 0.5) is 0 Å². The van der Waals surface area contributed by atoms with Gasteiger partial charge in [-0.3, -0.25) is 0 Å². The van der Waals surface area contributed by atoms with Crippen LogP contribution in [0.2, 0.25) is 0 Å². The first kappa shape index (κ1) is 12.3. The molecule has 1 aliphatic heterocycles. The molecule has 1 aliphatic carbocycles. The third-order valence-corrected chi connectivity index (χ3v) is 5.28. The van der Waals surface area contributed by atoms with Crippen LogP contribution >= 0.6 is 0 Å². The van der Waals surface area contributed by atoms with Crippen LogP contribution in [0.5, 0.6) is 5.75 Å². The Hall–Kier alpha value is -2.28. The Morgan fingerprint density at radius 3 is 2.50 bits per heavy atom. The minimum Gasteiger partial charge on any atom is -0.484 e. The van der Waals surface area contributed by atoms with Crippen molar-refractivity contribution in [2.45, 2.75) is 25.9 Å². The van der Waals surface area contributed by atoms with Crippen molar-refractivity contribution in [3.63, 3.8) is 0 Å². The van der Waals surface area contributed by atoms with Gasteiger partial charge < -0.3 is 4.74 Å². The third kappa shape index (κ3) is 1.60. The van der Waals surface area contributed by atoms with Crippen LogP contribution in [0.1, 0.15) is 28.4 Å². The van der Waals surface area contributed by atoms with E-state index in [4.69, 9.17) is 4.74 Å². The van der Waals surface area contributed by atoms with Crippen molar-refractivity contribution in [1.82, 2.24) is 0 Å². The van der Waals surface area contributed by atoms with Crippen LogP contribution in [0.15, 0.2) is 54.6 Å². The summed E-state index contributed by atoms with van der Waals surface area (Å²) in [5.74, 6) is 1.70. The first-order valence-corrected chi connectivity index (χ1v) is 8.07. The molecule has 2 atom stereocenters. The molecule has 0 amide bonds. The van der Waals surface area contributed by atoms with Crippen molar-refractivity contribution in [1.29, 1.82) is 0 Å². The highest BCUT2D eigenvalue weighted by atomic mass is 16.5. The molecule has 0 saturated heterocycles. The fraction of sp³-hybridized carbons (Fsp3) is 0.238. The first-order chi connectivity index (χ1) is 10.8. The summed E-state index contributed by atoms with van der Waals surface area (Å²) in [7, 11) is 0. The second-order valence-electron chi connectivity index (χ2n) is 6.63. The van der Waals surface area contributed by atoms with E-state index in [9.17, 15) is 0 Å². The van der Waals surface area contributed by atoms with Crippen molar-refractivity contribution in [2.75, 3.05) is 0 Å². The zero-order valence-corrected chi connectivity index (χ0v) is 12.7. The summed E-state index contributed by atoms with van der Waals surface area (Å²) in [4.78, 5) is 0. The standard InChI is InChI=1S/C21H18O/c1-13-10-15-12-16-11-14-6-2-3-8-18(14)20(16)22-21(15)19-9-5-4-7-17(13)19/h2-10,16,20H,11-12H2,1H3/t16-,20+/m0/s1. The Balaban J connectivity index is 1.70. The fourth-order valence-corrected chi connectivity index (χ4v) is 4.28. The highest BCUT2D eigenvalue weighted by molar-refractivity contribution is 5.92. The van der Waals surface area contributed by atoms with Crippen LogP contribution in [-0.2, 0) is 12.8 Å². The van der Waals surface area contributed by atoms with E-state index in [0.717, 1.165) is 18.6 Å². The molecule has 1 nitrogen and oxygen atoms in total. The molecule has 1 heterocycles. The van der Waals surface area contributed by atoms with Crippen LogP contribution < -0.4 is 4.74 Å². The van der Waals surface area contributed by atoms with E-state index in [1.54, 1.807) is 0 Å². The SMILES string of the molecule is Cc1cc2c(c3ccccc13)O[C@H]1c3ccccc3C[C@H]1C2. The van der Waals surface area contributed by atoms with Gasteiger partial charge in [0.1, 0.15) is 11.9 Å². The van der Waals surface area contributed by atoms with E-state index in [0.29, 0.717) is 5.92 Å². The minimum absolute atomic E-state index is 0.231. The number of fused-ring (bicyclic) bond motifs is 6. The Kier molecular flexibility index (Phi) is 2.43. The van der Waals surface area contributed by atoms with Crippen LogP contribution in [-0.4, -0.2) is 0 Å². The minimum atomic E-state index is 0.231. The van der Waals surface area contributed by atoms with Crippen LogP contribution in [0.3, 0.4) is 0 Å². The molecule has 0 saturated carbocycles. The molecule has 0 bridgehead atoms. The molecule has 3 aromatic rings. The van der Waals surface area contributed by atoms with Crippen LogP contribution in [0, 0.1) is 12.8 Å². The maximum absolute atomic E-state index is 6.55. The second kappa shape index (κ2) is 4.36. The molecule has 2 aliphatic rings. The largest absolute Gasteiger partial charge is 0.484 e. The molecule has 5 rings (SSSR count). The van der Waals surface area contributed by atoms with Crippen LogP contribution in [0.25, 0.3) is 10.8 Å². The summed E-state index contributed by atoms with van der Waals surface area (Å²) in [5, 5.41) is 2.58. The zero-order chi connectivity index (χ0) is 14.7. The molecule has 0 spiro atoms. The number of ether oxygens (including phenoxy) is 1. The highest BCUT2D eigenvalue weighted by Crippen LogP contribution is 2.48. The van der Waals surface area contributed by atoms with Gasteiger partial charge >= 0.3 is 0 Å².